The standard InChI is InChI=1S/C25H36N4O3/c1-2-3-9-14-29-24(31)21-11-6-5-10-20(21)22(27-29)23(30)26-19-25(12-7-4-8-13-25)28-15-17-32-18-16-28/h5-6,10-11H,2-4,7-9,12-19H2,1H3,(H,26,30). The number of carbonyl (C=O) groups excluding carboxylic acids is 1. The van der Waals surface area contributed by atoms with E-state index in [0.29, 0.717) is 29.6 Å². The fraction of sp³-hybridized carbons (Fsp3) is 0.640. The molecule has 4 rings (SSSR count). The van der Waals surface area contributed by atoms with Crippen LogP contribution in [0.1, 0.15) is 68.8 Å². The van der Waals surface area contributed by atoms with Gasteiger partial charge in [0.25, 0.3) is 11.5 Å². The normalized spacial score (nSPS) is 19.2. The zero-order valence-corrected chi connectivity index (χ0v) is 19.3. The number of morpholine rings is 1. The number of hydrogen-bond acceptors (Lipinski definition) is 5. The van der Waals surface area contributed by atoms with Crippen LogP contribution in [-0.4, -0.2) is 59.0 Å². The fourth-order valence-electron chi connectivity index (χ4n) is 5.25. The third-order valence-corrected chi connectivity index (χ3v) is 7.10. The summed E-state index contributed by atoms with van der Waals surface area (Å²) in [5.41, 5.74) is 0.221. The van der Waals surface area contributed by atoms with Gasteiger partial charge in [0.05, 0.1) is 18.6 Å². The van der Waals surface area contributed by atoms with Crippen LogP contribution in [0.25, 0.3) is 10.8 Å². The minimum atomic E-state index is -0.191. The van der Waals surface area contributed by atoms with E-state index in [-0.39, 0.29) is 17.0 Å². The number of aromatic nitrogens is 2. The lowest BCUT2D eigenvalue weighted by Crippen LogP contribution is -2.59. The molecule has 0 bridgehead atoms. The van der Waals surface area contributed by atoms with Crippen molar-refractivity contribution < 1.29 is 9.53 Å². The van der Waals surface area contributed by atoms with Crippen LogP contribution in [0.5, 0.6) is 0 Å². The van der Waals surface area contributed by atoms with Crippen molar-refractivity contribution in [2.24, 2.45) is 0 Å². The summed E-state index contributed by atoms with van der Waals surface area (Å²) in [7, 11) is 0. The van der Waals surface area contributed by atoms with Gasteiger partial charge in [-0.25, -0.2) is 4.68 Å². The molecule has 1 saturated carbocycles. The summed E-state index contributed by atoms with van der Waals surface area (Å²) >= 11 is 0. The molecule has 1 saturated heterocycles. The molecule has 1 aliphatic heterocycles. The summed E-state index contributed by atoms with van der Waals surface area (Å²) in [4.78, 5) is 28.8. The first-order valence-corrected chi connectivity index (χ1v) is 12.3. The molecular weight excluding hydrogens is 404 g/mol. The number of aryl methyl sites for hydroxylation is 1. The second-order valence-corrected chi connectivity index (χ2v) is 9.20. The predicted octanol–water partition coefficient (Wildman–Crippen LogP) is 3.35. The molecule has 1 N–H and O–H groups in total. The number of amides is 1. The molecule has 7 nitrogen and oxygen atoms in total. The van der Waals surface area contributed by atoms with E-state index in [4.69, 9.17) is 4.74 Å². The van der Waals surface area contributed by atoms with Gasteiger partial charge in [0, 0.05) is 37.1 Å². The van der Waals surface area contributed by atoms with Gasteiger partial charge in [-0.15, -0.1) is 0 Å². The van der Waals surface area contributed by atoms with Crippen LogP contribution < -0.4 is 10.9 Å². The van der Waals surface area contributed by atoms with E-state index in [1.807, 2.05) is 18.2 Å². The maximum atomic E-state index is 13.4. The highest BCUT2D eigenvalue weighted by Gasteiger charge is 2.39. The van der Waals surface area contributed by atoms with E-state index in [9.17, 15) is 9.59 Å². The van der Waals surface area contributed by atoms with Crippen LogP contribution in [-0.2, 0) is 11.3 Å². The van der Waals surface area contributed by atoms with Gasteiger partial charge in [0.1, 0.15) is 0 Å². The molecule has 0 radical (unpaired) electrons. The average molecular weight is 441 g/mol. The highest BCUT2D eigenvalue weighted by Crippen LogP contribution is 2.34. The van der Waals surface area contributed by atoms with Crippen molar-refractivity contribution in [3.8, 4) is 0 Å². The Kier molecular flexibility index (Phi) is 7.58. The van der Waals surface area contributed by atoms with Crippen molar-refractivity contribution in [3.63, 3.8) is 0 Å². The number of fused-ring (bicyclic) bond motifs is 1. The number of nitrogens with zero attached hydrogens (tertiary/aromatic N) is 3. The molecule has 32 heavy (non-hydrogen) atoms. The van der Waals surface area contributed by atoms with Crippen LogP contribution in [0.2, 0.25) is 0 Å². The van der Waals surface area contributed by atoms with Crippen LogP contribution >= 0.6 is 0 Å². The van der Waals surface area contributed by atoms with Crippen molar-refractivity contribution in [1.29, 1.82) is 0 Å². The molecule has 174 valence electrons. The molecule has 0 unspecified atom stereocenters. The third kappa shape index (κ3) is 4.89. The summed E-state index contributed by atoms with van der Waals surface area (Å²) in [6, 6.07) is 7.32. The van der Waals surface area contributed by atoms with Gasteiger partial charge in [0.2, 0.25) is 0 Å². The second-order valence-electron chi connectivity index (χ2n) is 9.20. The van der Waals surface area contributed by atoms with Gasteiger partial charge in [-0.3, -0.25) is 14.5 Å². The average Bonchev–Trinajstić information content (AvgIpc) is 2.85. The number of unbranched alkanes of at least 4 members (excludes halogenated alkanes) is 2. The minimum absolute atomic E-state index is 0.0108. The first-order chi connectivity index (χ1) is 15.6. The van der Waals surface area contributed by atoms with E-state index in [1.165, 1.54) is 23.9 Å². The van der Waals surface area contributed by atoms with E-state index >= 15 is 0 Å². The molecule has 1 aromatic carbocycles. The predicted molar refractivity (Wildman–Crippen MR) is 126 cm³/mol. The topological polar surface area (TPSA) is 76.5 Å². The molecule has 1 aromatic heterocycles. The molecule has 2 aromatic rings. The van der Waals surface area contributed by atoms with E-state index in [2.05, 4.69) is 22.2 Å². The summed E-state index contributed by atoms with van der Waals surface area (Å²) in [6.07, 6.45) is 8.81. The fourth-order valence-corrected chi connectivity index (χ4v) is 5.25. The third-order valence-electron chi connectivity index (χ3n) is 7.10. The monoisotopic (exact) mass is 440 g/mol. The van der Waals surface area contributed by atoms with Crippen LogP contribution in [0.3, 0.4) is 0 Å². The minimum Gasteiger partial charge on any atom is -0.379 e. The maximum absolute atomic E-state index is 13.4. The van der Waals surface area contributed by atoms with Crippen LogP contribution in [0.15, 0.2) is 29.1 Å². The molecule has 0 spiro atoms. The van der Waals surface area contributed by atoms with E-state index < -0.39 is 0 Å². The zero-order valence-electron chi connectivity index (χ0n) is 19.3. The molecule has 1 amide bonds. The van der Waals surface area contributed by atoms with Gasteiger partial charge < -0.3 is 10.1 Å². The Bertz CT molecular complexity index is 975. The summed E-state index contributed by atoms with van der Waals surface area (Å²) < 4.78 is 7.05. The number of carbonyl (C=O) groups is 1. The largest absolute Gasteiger partial charge is 0.379 e. The number of benzene rings is 1. The lowest BCUT2D eigenvalue weighted by Gasteiger charge is -2.48. The Morgan fingerprint density at radius 2 is 1.81 bits per heavy atom. The van der Waals surface area contributed by atoms with Crippen molar-refractivity contribution in [2.45, 2.75) is 70.4 Å². The van der Waals surface area contributed by atoms with Crippen molar-refractivity contribution in [1.82, 2.24) is 20.0 Å². The highest BCUT2D eigenvalue weighted by atomic mass is 16.5. The first kappa shape index (κ1) is 22.9. The summed E-state index contributed by atoms with van der Waals surface area (Å²) in [6.45, 7) is 6.62. The zero-order chi connectivity index (χ0) is 22.4. The Labute approximate surface area is 190 Å². The number of rotatable bonds is 8. The molecule has 2 heterocycles. The maximum Gasteiger partial charge on any atom is 0.274 e. The first-order valence-electron chi connectivity index (χ1n) is 12.3. The lowest BCUT2D eigenvalue weighted by atomic mass is 9.79. The van der Waals surface area contributed by atoms with Crippen LogP contribution in [0.4, 0.5) is 0 Å². The molecule has 2 fully saturated rings. The molecular formula is C25H36N4O3. The molecule has 2 aliphatic rings. The van der Waals surface area contributed by atoms with Crippen molar-refractivity contribution >= 4 is 16.7 Å². The summed E-state index contributed by atoms with van der Waals surface area (Å²) in [5.74, 6) is -0.191. The smallest absolute Gasteiger partial charge is 0.274 e. The Balaban J connectivity index is 1.58. The molecule has 0 atom stereocenters. The van der Waals surface area contributed by atoms with E-state index in [0.717, 1.165) is 58.4 Å². The van der Waals surface area contributed by atoms with Gasteiger partial charge in [-0.2, -0.15) is 5.10 Å². The quantitative estimate of drug-likeness (QED) is 0.637. The van der Waals surface area contributed by atoms with Gasteiger partial charge in [-0.1, -0.05) is 57.2 Å². The van der Waals surface area contributed by atoms with Crippen molar-refractivity contribution in [3.05, 3.63) is 40.3 Å². The number of hydrogen-bond donors (Lipinski definition) is 1. The molecule has 1 aliphatic carbocycles. The van der Waals surface area contributed by atoms with Gasteiger partial charge >= 0.3 is 0 Å². The van der Waals surface area contributed by atoms with Gasteiger partial charge in [-0.05, 0) is 25.3 Å². The van der Waals surface area contributed by atoms with Gasteiger partial charge in [0.15, 0.2) is 5.69 Å². The number of nitrogens with one attached hydrogen (secondary N) is 1. The highest BCUT2D eigenvalue weighted by molar-refractivity contribution is 6.04. The van der Waals surface area contributed by atoms with Crippen molar-refractivity contribution in [2.75, 3.05) is 32.8 Å². The second kappa shape index (κ2) is 10.6. The lowest BCUT2D eigenvalue weighted by molar-refractivity contribution is -0.0361. The molecule has 7 heteroatoms. The summed E-state index contributed by atoms with van der Waals surface area (Å²) in [5, 5.41) is 8.93. The SMILES string of the molecule is CCCCCn1nc(C(=O)NCC2(N3CCOCC3)CCCCC2)c2ccccc2c1=O. The van der Waals surface area contributed by atoms with Crippen LogP contribution in [0, 0.1) is 0 Å². The Hall–Kier alpha value is -2.25. The Morgan fingerprint density at radius 1 is 1.09 bits per heavy atom. The Morgan fingerprint density at radius 3 is 2.53 bits per heavy atom. The number of ether oxygens (including phenoxy) is 1. The van der Waals surface area contributed by atoms with E-state index in [1.54, 1.807) is 6.07 Å².